The Kier molecular flexibility index (Phi) is 4.65. The van der Waals surface area contributed by atoms with Crippen molar-refractivity contribution in [3.8, 4) is 0 Å². The van der Waals surface area contributed by atoms with Crippen LogP contribution in [-0.2, 0) is 11.3 Å². The lowest BCUT2D eigenvalue weighted by molar-refractivity contribution is 0.0699. The van der Waals surface area contributed by atoms with Gasteiger partial charge in [0.1, 0.15) is 0 Å². The van der Waals surface area contributed by atoms with E-state index >= 15 is 0 Å². The predicted octanol–water partition coefficient (Wildman–Crippen LogP) is 3.37. The molecular weight excluding hydrogens is 289 g/mol. The molecule has 1 N–H and O–H groups in total. The molecule has 0 saturated carbocycles. The van der Waals surface area contributed by atoms with Crippen molar-refractivity contribution in [2.45, 2.75) is 25.4 Å². The largest absolute Gasteiger partial charge is 0.380 e. The minimum atomic E-state index is 0.462. The van der Waals surface area contributed by atoms with E-state index in [4.69, 9.17) is 16.3 Å². The maximum absolute atomic E-state index is 6.12. The molecule has 1 atom stereocenters. The van der Waals surface area contributed by atoms with E-state index in [0.29, 0.717) is 6.04 Å². The molecule has 1 heterocycles. The highest BCUT2D eigenvalue weighted by Crippen LogP contribution is 2.21. The molecule has 16 heavy (non-hydrogen) atoms. The molecule has 0 aromatic heterocycles. The van der Waals surface area contributed by atoms with Crippen LogP contribution < -0.4 is 5.32 Å². The third-order valence-electron chi connectivity index (χ3n) is 2.75. The number of nitrogens with one attached hydrogen (secondary N) is 1. The molecule has 2 rings (SSSR count). The van der Waals surface area contributed by atoms with Gasteiger partial charge in [-0.15, -0.1) is 0 Å². The molecule has 88 valence electrons. The smallest absolute Gasteiger partial charge is 0.0619 e. The molecule has 0 spiro atoms. The highest BCUT2D eigenvalue weighted by Gasteiger charge is 2.13. The first-order valence-electron chi connectivity index (χ1n) is 5.51. The van der Waals surface area contributed by atoms with Crippen molar-refractivity contribution in [1.82, 2.24) is 5.32 Å². The van der Waals surface area contributed by atoms with E-state index in [-0.39, 0.29) is 0 Å². The minimum absolute atomic E-state index is 0.462. The molecule has 1 aliphatic heterocycles. The van der Waals surface area contributed by atoms with Crippen LogP contribution in [0.15, 0.2) is 22.7 Å². The van der Waals surface area contributed by atoms with Gasteiger partial charge in [-0.05, 0) is 36.6 Å². The van der Waals surface area contributed by atoms with Gasteiger partial charge in [0.05, 0.1) is 6.61 Å². The molecule has 4 heteroatoms. The van der Waals surface area contributed by atoms with Gasteiger partial charge in [0.15, 0.2) is 0 Å². The molecule has 0 aliphatic carbocycles. The zero-order valence-electron chi connectivity index (χ0n) is 9.01. The molecule has 1 fully saturated rings. The Bertz CT molecular complexity index is 353. The van der Waals surface area contributed by atoms with E-state index in [9.17, 15) is 0 Å². The Morgan fingerprint density at radius 3 is 3.12 bits per heavy atom. The number of benzene rings is 1. The van der Waals surface area contributed by atoms with Crippen molar-refractivity contribution >= 4 is 27.5 Å². The Morgan fingerprint density at radius 2 is 2.38 bits per heavy atom. The Morgan fingerprint density at radius 1 is 1.50 bits per heavy atom. The van der Waals surface area contributed by atoms with Crippen LogP contribution in [0.4, 0.5) is 0 Å². The fourth-order valence-electron chi connectivity index (χ4n) is 1.83. The van der Waals surface area contributed by atoms with E-state index in [1.54, 1.807) is 0 Å². The quantitative estimate of drug-likeness (QED) is 0.924. The molecule has 0 radical (unpaired) electrons. The summed E-state index contributed by atoms with van der Waals surface area (Å²) >= 11 is 9.57. The first-order valence-corrected chi connectivity index (χ1v) is 6.68. The lowest BCUT2D eigenvalue weighted by Crippen LogP contribution is -2.36. The van der Waals surface area contributed by atoms with Gasteiger partial charge in [0.25, 0.3) is 0 Å². The van der Waals surface area contributed by atoms with Gasteiger partial charge in [-0.2, -0.15) is 0 Å². The van der Waals surface area contributed by atoms with Crippen LogP contribution in [0.25, 0.3) is 0 Å². The van der Waals surface area contributed by atoms with E-state index in [2.05, 4.69) is 27.3 Å². The van der Waals surface area contributed by atoms with Gasteiger partial charge >= 0.3 is 0 Å². The summed E-state index contributed by atoms with van der Waals surface area (Å²) in [6.07, 6.45) is 2.33. The first kappa shape index (κ1) is 12.4. The second-order valence-corrected chi connectivity index (χ2v) is 5.35. The summed E-state index contributed by atoms with van der Waals surface area (Å²) in [6.45, 7) is 2.51. The van der Waals surface area contributed by atoms with E-state index in [1.807, 2.05) is 12.1 Å². The molecule has 1 aliphatic rings. The summed E-state index contributed by atoms with van der Waals surface area (Å²) < 4.78 is 6.48. The normalized spacial score (nSPS) is 21.0. The van der Waals surface area contributed by atoms with Crippen molar-refractivity contribution in [2.24, 2.45) is 0 Å². The van der Waals surface area contributed by atoms with Gasteiger partial charge < -0.3 is 10.1 Å². The average Bonchev–Trinajstić information content (AvgIpc) is 2.32. The van der Waals surface area contributed by atoms with Crippen molar-refractivity contribution < 1.29 is 4.74 Å². The van der Waals surface area contributed by atoms with Crippen LogP contribution in [0.3, 0.4) is 0 Å². The standard InChI is InChI=1S/C12H15BrClNO/c13-10-3-4-12(14)9(6-10)7-15-11-2-1-5-16-8-11/h3-4,6,11,15H,1-2,5,7-8H2. The van der Waals surface area contributed by atoms with E-state index in [1.165, 1.54) is 6.42 Å². The maximum Gasteiger partial charge on any atom is 0.0619 e. The number of hydrogen-bond donors (Lipinski definition) is 1. The Hall–Kier alpha value is -0.0900. The van der Waals surface area contributed by atoms with Crippen molar-refractivity contribution in [2.75, 3.05) is 13.2 Å². The molecule has 1 unspecified atom stereocenters. The fourth-order valence-corrected chi connectivity index (χ4v) is 2.43. The highest BCUT2D eigenvalue weighted by atomic mass is 79.9. The summed E-state index contributed by atoms with van der Waals surface area (Å²) in [7, 11) is 0. The summed E-state index contributed by atoms with van der Waals surface area (Å²) in [5.41, 5.74) is 1.13. The zero-order valence-corrected chi connectivity index (χ0v) is 11.4. The van der Waals surface area contributed by atoms with E-state index in [0.717, 1.165) is 41.2 Å². The SMILES string of the molecule is Clc1ccc(Br)cc1CNC1CCCOC1. The monoisotopic (exact) mass is 303 g/mol. The number of rotatable bonds is 3. The predicted molar refractivity (Wildman–Crippen MR) is 69.8 cm³/mol. The third kappa shape index (κ3) is 3.45. The second-order valence-electron chi connectivity index (χ2n) is 4.03. The zero-order chi connectivity index (χ0) is 11.4. The van der Waals surface area contributed by atoms with Gasteiger partial charge in [0, 0.05) is 28.7 Å². The van der Waals surface area contributed by atoms with Gasteiger partial charge in [-0.25, -0.2) is 0 Å². The summed E-state index contributed by atoms with van der Waals surface area (Å²) in [5.74, 6) is 0. The van der Waals surface area contributed by atoms with Gasteiger partial charge in [-0.3, -0.25) is 0 Å². The lowest BCUT2D eigenvalue weighted by Gasteiger charge is -2.23. The number of ether oxygens (including phenoxy) is 1. The Balaban J connectivity index is 1.90. The Labute approximate surface area is 109 Å². The molecule has 1 saturated heterocycles. The molecular formula is C12H15BrClNO. The first-order chi connectivity index (χ1) is 7.75. The fraction of sp³-hybridized carbons (Fsp3) is 0.500. The van der Waals surface area contributed by atoms with Crippen LogP contribution in [0, 0.1) is 0 Å². The van der Waals surface area contributed by atoms with Crippen LogP contribution in [0.2, 0.25) is 5.02 Å². The summed E-state index contributed by atoms with van der Waals surface area (Å²) in [5, 5.41) is 4.29. The second kappa shape index (κ2) is 6.01. The van der Waals surface area contributed by atoms with Gasteiger partial charge in [-0.1, -0.05) is 27.5 Å². The van der Waals surface area contributed by atoms with Crippen LogP contribution in [0.1, 0.15) is 18.4 Å². The summed E-state index contributed by atoms with van der Waals surface area (Å²) in [6, 6.07) is 6.39. The lowest BCUT2D eigenvalue weighted by atomic mass is 10.1. The number of halogens is 2. The van der Waals surface area contributed by atoms with Crippen LogP contribution in [-0.4, -0.2) is 19.3 Å². The maximum atomic E-state index is 6.12. The molecule has 0 bridgehead atoms. The van der Waals surface area contributed by atoms with Crippen LogP contribution >= 0.6 is 27.5 Å². The summed E-state index contributed by atoms with van der Waals surface area (Å²) in [4.78, 5) is 0. The minimum Gasteiger partial charge on any atom is -0.380 e. The molecule has 0 amide bonds. The topological polar surface area (TPSA) is 21.3 Å². The van der Waals surface area contributed by atoms with Crippen molar-refractivity contribution in [1.29, 1.82) is 0 Å². The van der Waals surface area contributed by atoms with E-state index < -0.39 is 0 Å². The molecule has 1 aromatic carbocycles. The molecule has 1 aromatic rings. The molecule has 2 nitrogen and oxygen atoms in total. The number of hydrogen-bond acceptors (Lipinski definition) is 2. The van der Waals surface area contributed by atoms with Crippen molar-refractivity contribution in [3.63, 3.8) is 0 Å². The van der Waals surface area contributed by atoms with Gasteiger partial charge in [0.2, 0.25) is 0 Å². The average molecular weight is 305 g/mol. The van der Waals surface area contributed by atoms with Crippen molar-refractivity contribution in [3.05, 3.63) is 33.3 Å². The van der Waals surface area contributed by atoms with Crippen LogP contribution in [0.5, 0.6) is 0 Å². The highest BCUT2D eigenvalue weighted by molar-refractivity contribution is 9.10. The third-order valence-corrected chi connectivity index (χ3v) is 3.61.